The van der Waals surface area contributed by atoms with Crippen LogP contribution in [0.3, 0.4) is 0 Å². The molecule has 1 saturated heterocycles. The number of ether oxygens (including phenoxy) is 1. The normalized spacial score (nSPS) is 22.7. The summed E-state index contributed by atoms with van der Waals surface area (Å²) in [7, 11) is 0. The van der Waals surface area contributed by atoms with Crippen molar-refractivity contribution in [3.63, 3.8) is 0 Å². The maximum atomic E-state index is 14.0. The van der Waals surface area contributed by atoms with Crippen LogP contribution in [0.5, 0.6) is 0 Å². The Hall–Kier alpha value is -3.37. The molecule has 1 aliphatic carbocycles. The molecule has 1 aromatic rings. The molecular formula is C30H46N4O7. The lowest BCUT2D eigenvalue weighted by Crippen LogP contribution is -2.60. The zero-order valence-corrected chi connectivity index (χ0v) is 25.8. The van der Waals surface area contributed by atoms with E-state index in [1.165, 1.54) is 11.2 Å². The number of likely N-dealkylation sites (tertiary alicyclic amines) is 1. The maximum absolute atomic E-state index is 14.0. The maximum Gasteiger partial charge on any atom is 0.408 e. The molecule has 1 aliphatic heterocycles. The predicted octanol–water partition coefficient (Wildman–Crippen LogP) is 3.17. The van der Waals surface area contributed by atoms with Crippen LogP contribution in [0.4, 0.5) is 4.79 Å². The summed E-state index contributed by atoms with van der Waals surface area (Å²) < 4.78 is 10.6. The first-order chi connectivity index (χ1) is 18.9. The molecule has 3 unspecified atom stereocenters. The molecule has 11 nitrogen and oxygen atoms in total. The van der Waals surface area contributed by atoms with Crippen LogP contribution < -0.4 is 16.0 Å². The summed E-state index contributed by atoms with van der Waals surface area (Å²) in [5.41, 5.74) is -1.59. The zero-order valence-electron chi connectivity index (χ0n) is 25.8. The van der Waals surface area contributed by atoms with Crippen molar-refractivity contribution < 1.29 is 33.1 Å². The molecule has 4 amide bonds. The van der Waals surface area contributed by atoms with Gasteiger partial charge in [0.1, 0.15) is 23.4 Å². The lowest BCUT2D eigenvalue weighted by Gasteiger charge is -2.38. The zero-order chi connectivity index (χ0) is 30.9. The summed E-state index contributed by atoms with van der Waals surface area (Å²) in [4.78, 5) is 67.6. The molecule has 41 heavy (non-hydrogen) atoms. The lowest BCUT2D eigenvalue weighted by atomic mass is 9.85. The van der Waals surface area contributed by atoms with Gasteiger partial charge >= 0.3 is 6.09 Å². The van der Waals surface area contributed by atoms with Crippen molar-refractivity contribution in [2.75, 3.05) is 6.54 Å². The molecule has 5 atom stereocenters. The lowest BCUT2D eigenvalue weighted by molar-refractivity contribution is -0.145. The number of ketones is 1. The highest BCUT2D eigenvalue weighted by Crippen LogP contribution is 2.65. The first-order valence-corrected chi connectivity index (χ1v) is 14.3. The number of nitrogens with zero attached hydrogens (tertiary/aromatic N) is 1. The molecule has 3 rings (SSSR count). The van der Waals surface area contributed by atoms with Gasteiger partial charge in [0.15, 0.2) is 0 Å². The van der Waals surface area contributed by atoms with E-state index >= 15 is 0 Å². The van der Waals surface area contributed by atoms with Crippen molar-refractivity contribution in [1.29, 1.82) is 0 Å². The fourth-order valence-electron chi connectivity index (χ4n) is 5.69. The second-order valence-electron chi connectivity index (χ2n) is 13.8. The van der Waals surface area contributed by atoms with Crippen molar-refractivity contribution in [2.45, 2.75) is 105 Å². The number of piperidine rings is 1. The Morgan fingerprint density at radius 2 is 1.76 bits per heavy atom. The van der Waals surface area contributed by atoms with E-state index in [9.17, 15) is 24.0 Å². The quantitative estimate of drug-likeness (QED) is 0.364. The molecule has 0 radical (unpaired) electrons. The first-order valence-electron chi connectivity index (χ1n) is 14.3. The monoisotopic (exact) mass is 574 g/mol. The summed E-state index contributed by atoms with van der Waals surface area (Å²) in [6, 6.07) is 0.524. The van der Waals surface area contributed by atoms with Crippen molar-refractivity contribution in [2.24, 2.45) is 22.7 Å². The number of furan rings is 1. The van der Waals surface area contributed by atoms with Gasteiger partial charge in [-0.05, 0) is 62.0 Å². The van der Waals surface area contributed by atoms with Gasteiger partial charge in [0.25, 0.3) is 5.91 Å². The van der Waals surface area contributed by atoms with Crippen LogP contribution in [-0.2, 0) is 30.5 Å². The number of carbonyl (C=O) groups is 5. The Kier molecular flexibility index (Phi) is 9.30. The van der Waals surface area contributed by atoms with Gasteiger partial charge in [-0.25, -0.2) is 4.79 Å². The summed E-state index contributed by atoms with van der Waals surface area (Å²) >= 11 is 0. The minimum absolute atomic E-state index is 0.0477. The first kappa shape index (κ1) is 32.1. The van der Waals surface area contributed by atoms with Crippen LogP contribution in [0, 0.1) is 22.7 Å². The van der Waals surface area contributed by atoms with Crippen LogP contribution in [0.15, 0.2) is 22.8 Å². The molecule has 2 heterocycles. The van der Waals surface area contributed by atoms with Crippen molar-refractivity contribution in [3.8, 4) is 0 Å². The molecule has 2 aliphatic rings. The second-order valence-corrected chi connectivity index (χ2v) is 13.8. The van der Waals surface area contributed by atoms with Gasteiger partial charge in [-0.3, -0.25) is 19.2 Å². The van der Waals surface area contributed by atoms with E-state index in [0.717, 1.165) is 0 Å². The molecule has 2 fully saturated rings. The Labute approximate surface area is 242 Å². The Balaban J connectivity index is 1.78. The molecule has 1 aromatic heterocycles. The van der Waals surface area contributed by atoms with E-state index < -0.39 is 52.8 Å². The molecule has 1 saturated carbocycles. The van der Waals surface area contributed by atoms with Crippen molar-refractivity contribution in [3.05, 3.63) is 24.2 Å². The minimum atomic E-state index is -1.04. The van der Waals surface area contributed by atoms with E-state index in [2.05, 4.69) is 29.8 Å². The molecular weight excluding hydrogens is 528 g/mol. The number of fused-ring (bicyclic) bond motifs is 1. The van der Waals surface area contributed by atoms with E-state index in [1.807, 2.05) is 27.7 Å². The Morgan fingerprint density at radius 1 is 1.10 bits per heavy atom. The number of carbonyl (C=O) groups excluding carboxylic acids is 5. The van der Waals surface area contributed by atoms with Crippen LogP contribution in [0.1, 0.15) is 80.9 Å². The Bertz CT molecular complexity index is 1150. The predicted molar refractivity (Wildman–Crippen MR) is 151 cm³/mol. The van der Waals surface area contributed by atoms with Crippen LogP contribution in [0.2, 0.25) is 0 Å². The minimum Gasteiger partial charge on any atom is -0.467 e. The van der Waals surface area contributed by atoms with Crippen molar-refractivity contribution in [1.82, 2.24) is 20.9 Å². The third-order valence-corrected chi connectivity index (χ3v) is 7.97. The highest BCUT2D eigenvalue weighted by molar-refractivity contribution is 6.38. The van der Waals surface area contributed by atoms with Gasteiger partial charge in [0.2, 0.25) is 17.6 Å². The molecule has 3 N–H and O–H groups in total. The summed E-state index contributed by atoms with van der Waals surface area (Å²) in [5.74, 6) is -1.96. The number of alkyl carbamates (subject to hydrolysis) is 1. The largest absolute Gasteiger partial charge is 0.467 e. The van der Waals surface area contributed by atoms with Gasteiger partial charge in [-0.15, -0.1) is 0 Å². The third-order valence-electron chi connectivity index (χ3n) is 7.97. The number of rotatable bonds is 10. The van der Waals surface area contributed by atoms with Crippen LogP contribution in [0.25, 0.3) is 0 Å². The molecule has 0 aromatic carbocycles. The SMILES string of the molecule is CCCC(NC(=O)[C@@H]1C2C(CN1C(=O)[C@@H](NC(=O)OC(C)(C)C)C(C)(C)C)C2(C)C)C(=O)C(=O)NCc1ccco1. The van der Waals surface area contributed by atoms with Crippen LogP contribution >= 0.6 is 0 Å². The smallest absolute Gasteiger partial charge is 0.408 e. The summed E-state index contributed by atoms with van der Waals surface area (Å²) in [6.45, 7) is 17.1. The average Bonchev–Trinajstić information content (AvgIpc) is 3.29. The number of hydrogen-bond acceptors (Lipinski definition) is 7. The molecule has 228 valence electrons. The van der Waals surface area contributed by atoms with Gasteiger partial charge < -0.3 is 30.0 Å². The van der Waals surface area contributed by atoms with Gasteiger partial charge in [-0.1, -0.05) is 48.0 Å². The number of hydrogen-bond donors (Lipinski definition) is 3. The van der Waals surface area contributed by atoms with Gasteiger partial charge in [0, 0.05) is 6.54 Å². The summed E-state index contributed by atoms with van der Waals surface area (Å²) in [6.07, 6.45) is 1.57. The van der Waals surface area contributed by atoms with Gasteiger partial charge in [0.05, 0.1) is 18.8 Å². The highest BCUT2D eigenvalue weighted by Gasteiger charge is 2.70. The molecule has 0 spiro atoms. The van der Waals surface area contributed by atoms with E-state index in [-0.39, 0.29) is 36.1 Å². The average molecular weight is 575 g/mol. The molecule has 0 bridgehead atoms. The van der Waals surface area contributed by atoms with Gasteiger partial charge in [-0.2, -0.15) is 0 Å². The highest BCUT2D eigenvalue weighted by atomic mass is 16.6. The fraction of sp³-hybridized carbons (Fsp3) is 0.700. The van der Waals surface area contributed by atoms with E-state index in [1.54, 1.807) is 32.9 Å². The summed E-state index contributed by atoms with van der Waals surface area (Å²) in [5, 5.41) is 8.04. The van der Waals surface area contributed by atoms with Crippen molar-refractivity contribution >= 4 is 29.6 Å². The number of Topliss-reactive ketones (excluding diaryl/α,β-unsaturated/α-hetero) is 1. The third kappa shape index (κ3) is 7.48. The van der Waals surface area contributed by atoms with E-state index in [0.29, 0.717) is 18.7 Å². The van der Waals surface area contributed by atoms with Crippen LogP contribution in [-0.4, -0.2) is 64.8 Å². The second kappa shape index (κ2) is 11.9. The standard InChI is InChI=1S/C30H46N4O7/c1-10-12-19(22(35)25(37)31-15-17-13-11-14-40-17)32-24(36)21-20-18(30(20,8)9)16-34(21)26(38)23(28(2,3)4)33-27(39)41-29(5,6)7/h11,13-14,18-21,23H,10,12,15-16H2,1-9H3,(H,31,37)(H,32,36)(H,33,39)/t18?,19?,20?,21-,23+/m0/s1. The molecule has 11 heteroatoms. The fourth-order valence-corrected chi connectivity index (χ4v) is 5.69. The number of amides is 4. The number of nitrogens with one attached hydrogen (secondary N) is 3. The van der Waals surface area contributed by atoms with E-state index in [4.69, 9.17) is 9.15 Å². The topological polar surface area (TPSA) is 147 Å². The Morgan fingerprint density at radius 3 is 2.29 bits per heavy atom.